The number of nitrogens with zero attached hydrogens (tertiary/aromatic N) is 1. The monoisotopic (exact) mass is 486 g/mol. The SMILES string of the molecule is CCN(CC)c1ccc2c(C)c(CCNC(=O)NCc3cccc(S(N)(=O)=O)c3)c(=O)oc2c1. The Morgan fingerprint density at radius 3 is 2.50 bits per heavy atom. The first kappa shape index (κ1) is 25.3. The van der Waals surface area contributed by atoms with Gasteiger partial charge in [-0.25, -0.2) is 23.1 Å². The zero-order chi connectivity index (χ0) is 24.9. The molecule has 9 nitrogen and oxygen atoms in total. The van der Waals surface area contributed by atoms with Crippen molar-refractivity contribution < 1.29 is 17.6 Å². The van der Waals surface area contributed by atoms with E-state index in [9.17, 15) is 18.0 Å². The van der Waals surface area contributed by atoms with Gasteiger partial charge < -0.3 is 20.0 Å². The fourth-order valence-electron chi connectivity index (χ4n) is 3.84. The number of benzene rings is 2. The molecule has 0 fully saturated rings. The molecule has 2 aromatic carbocycles. The van der Waals surface area contributed by atoms with Crippen molar-refractivity contribution in [3.63, 3.8) is 0 Å². The highest BCUT2D eigenvalue weighted by Crippen LogP contribution is 2.25. The van der Waals surface area contributed by atoms with Crippen LogP contribution >= 0.6 is 0 Å². The topological polar surface area (TPSA) is 135 Å². The van der Waals surface area contributed by atoms with Gasteiger partial charge in [0, 0.05) is 48.9 Å². The summed E-state index contributed by atoms with van der Waals surface area (Å²) in [6, 6.07) is 11.5. The standard InChI is InChI=1S/C24H30N4O5S/c1-4-28(5-2)18-9-10-20-16(3)21(23(29)33-22(20)14-18)11-12-26-24(30)27-15-17-7-6-8-19(13-17)34(25,31)32/h6-10,13-14H,4-5,11-12,15H2,1-3H3,(H2,25,31,32)(H2,26,27,30). The predicted octanol–water partition coefficient (Wildman–Crippen LogP) is 2.64. The summed E-state index contributed by atoms with van der Waals surface area (Å²) in [5.41, 5.74) is 3.08. The fourth-order valence-corrected chi connectivity index (χ4v) is 4.42. The summed E-state index contributed by atoms with van der Waals surface area (Å²) in [5.74, 6) is 0. The smallest absolute Gasteiger partial charge is 0.339 e. The predicted molar refractivity (Wildman–Crippen MR) is 133 cm³/mol. The summed E-state index contributed by atoms with van der Waals surface area (Å²) in [6.45, 7) is 8.10. The molecule has 0 aliphatic carbocycles. The minimum absolute atomic E-state index is 0.0186. The number of hydrogen-bond acceptors (Lipinski definition) is 6. The summed E-state index contributed by atoms with van der Waals surface area (Å²) < 4.78 is 28.5. The molecule has 0 saturated heterocycles. The van der Waals surface area contributed by atoms with Gasteiger partial charge in [0.1, 0.15) is 5.58 Å². The van der Waals surface area contributed by atoms with Crippen molar-refractivity contribution in [3.05, 3.63) is 69.6 Å². The highest BCUT2D eigenvalue weighted by atomic mass is 32.2. The van der Waals surface area contributed by atoms with Crippen molar-refractivity contribution in [2.75, 3.05) is 24.5 Å². The zero-order valence-corrected chi connectivity index (χ0v) is 20.4. The van der Waals surface area contributed by atoms with E-state index >= 15 is 0 Å². The molecule has 0 aliphatic heterocycles. The molecule has 1 heterocycles. The number of urea groups is 1. The van der Waals surface area contributed by atoms with Gasteiger partial charge in [0.15, 0.2) is 0 Å². The van der Waals surface area contributed by atoms with Gasteiger partial charge in [0.25, 0.3) is 0 Å². The molecule has 182 valence electrons. The lowest BCUT2D eigenvalue weighted by Crippen LogP contribution is -2.36. The average Bonchev–Trinajstić information content (AvgIpc) is 2.80. The quantitative estimate of drug-likeness (QED) is 0.398. The normalized spacial score (nSPS) is 11.4. The van der Waals surface area contributed by atoms with E-state index in [1.807, 2.05) is 25.1 Å². The molecule has 4 N–H and O–H groups in total. The van der Waals surface area contributed by atoms with Crippen molar-refractivity contribution in [2.24, 2.45) is 5.14 Å². The van der Waals surface area contributed by atoms with Crippen LogP contribution in [0.3, 0.4) is 0 Å². The molecule has 0 aliphatic rings. The summed E-state index contributed by atoms with van der Waals surface area (Å²) in [6.07, 6.45) is 0.316. The summed E-state index contributed by atoms with van der Waals surface area (Å²) in [5, 5.41) is 11.4. The van der Waals surface area contributed by atoms with Crippen molar-refractivity contribution in [1.29, 1.82) is 0 Å². The van der Waals surface area contributed by atoms with Crippen LogP contribution in [0.4, 0.5) is 10.5 Å². The molecule has 0 bridgehead atoms. The molecule has 2 amide bonds. The van der Waals surface area contributed by atoms with Crippen LogP contribution in [0.5, 0.6) is 0 Å². The molecule has 3 aromatic rings. The summed E-state index contributed by atoms with van der Waals surface area (Å²) in [4.78, 5) is 26.9. The Morgan fingerprint density at radius 2 is 1.82 bits per heavy atom. The van der Waals surface area contributed by atoms with Crippen LogP contribution in [-0.2, 0) is 23.0 Å². The average molecular weight is 487 g/mol. The van der Waals surface area contributed by atoms with Gasteiger partial charge in [0.05, 0.1) is 4.90 Å². The third-order valence-corrected chi connectivity index (χ3v) is 6.65. The Balaban J connectivity index is 1.62. The second-order valence-corrected chi connectivity index (χ2v) is 9.46. The molecule has 3 rings (SSSR count). The molecule has 0 unspecified atom stereocenters. The number of fused-ring (bicyclic) bond motifs is 1. The number of carbonyl (C=O) groups excluding carboxylic acids is 1. The highest BCUT2D eigenvalue weighted by Gasteiger charge is 2.14. The largest absolute Gasteiger partial charge is 0.422 e. The van der Waals surface area contributed by atoms with Crippen LogP contribution in [0.1, 0.15) is 30.5 Å². The third-order valence-electron chi connectivity index (χ3n) is 5.74. The number of sulfonamides is 1. The number of nitrogens with two attached hydrogens (primary N) is 1. The van der Waals surface area contributed by atoms with Gasteiger partial charge in [-0.3, -0.25) is 0 Å². The molecule has 10 heteroatoms. The van der Waals surface area contributed by atoms with E-state index in [-0.39, 0.29) is 18.0 Å². The second kappa shape index (κ2) is 10.7. The van der Waals surface area contributed by atoms with Crippen LogP contribution in [0.15, 0.2) is 56.6 Å². The van der Waals surface area contributed by atoms with Gasteiger partial charge in [-0.15, -0.1) is 0 Å². The number of primary sulfonamides is 1. The number of aryl methyl sites for hydroxylation is 1. The number of amides is 2. The molecule has 34 heavy (non-hydrogen) atoms. The van der Waals surface area contributed by atoms with Crippen LogP contribution in [0, 0.1) is 6.92 Å². The lowest BCUT2D eigenvalue weighted by Gasteiger charge is -2.21. The van der Waals surface area contributed by atoms with E-state index in [1.54, 1.807) is 12.1 Å². The van der Waals surface area contributed by atoms with Gasteiger partial charge in [-0.1, -0.05) is 12.1 Å². The number of carbonyl (C=O) groups is 1. The molecule has 1 aromatic heterocycles. The van der Waals surface area contributed by atoms with Crippen LogP contribution < -0.4 is 26.3 Å². The molecule has 0 saturated carbocycles. The summed E-state index contributed by atoms with van der Waals surface area (Å²) >= 11 is 0. The maximum absolute atomic E-state index is 12.6. The van der Waals surface area contributed by atoms with Gasteiger partial charge >= 0.3 is 11.7 Å². The second-order valence-electron chi connectivity index (χ2n) is 7.90. The maximum Gasteiger partial charge on any atom is 0.339 e. The molecule has 0 radical (unpaired) electrons. The van der Waals surface area contributed by atoms with Gasteiger partial charge in [0.2, 0.25) is 10.0 Å². The van der Waals surface area contributed by atoms with E-state index in [1.165, 1.54) is 12.1 Å². The number of anilines is 1. The number of hydrogen-bond donors (Lipinski definition) is 3. The van der Waals surface area contributed by atoms with E-state index in [0.29, 0.717) is 23.1 Å². The van der Waals surface area contributed by atoms with Crippen molar-refractivity contribution in [1.82, 2.24) is 10.6 Å². The maximum atomic E-state index is 12.6. The molecular weight excluding hydrogens is 456 g/mol. The number of nitrogens with one attached hydrogen (secondary N) is 2. The fraction of sp³-hybridized carbons (Fsp3) is 0.333. The molecule has 0 spiro atoms. The highest BCUT2D eigenvalue weighted by molar-refractivity contribution is 7.89. The van der Waals surface area contributed by atoms with E-state index in [0.717, 1.165) is 29.7 Å². The van der Waals surface area contributed by atoms with E-state index < -0.39 is 21.7 Å². The zero-order valence-electron chi connectivity index (χ0n) is 19.6. The first-order valence-electron chi connectivity index (χ1n) is 11.1. The third kappa shape index (κ3) is 5.95. The van der Waals surface area contributed by atoms with Crippen molar-refractivity contribution in [2.45, 2.75) is 38.6 Å². The van der Waals surface area contributed by atoms with Gasteiger partial charge in [-0.2, -0.15) is 0 Å². The minimum atomic E-state index is -3.81. The van der Waals surface area contributed by atoms with Crippen LogP contribution in [0.25, 0.3) is 11.0 Å². The lowest BCUT2D eigenvalue weighted by molar-refractivity contribution is 0.240. The Labute approximate surface area is 199 Å². The van der Waals surface area contributed by atoms with Gasteiger partial charge in [-0.05, 0) is 62.6 Å². The van der Waals surface area contributed by atoms with E-state index in [4.69, 9.17) is 9.56 Å². The van der Waals surface area contributed by atoms with Crippen LogP contribution in [-0.4, -0.2) is 34.1 Å². The van der Waals surface area contributed by atoms with Crippen molar-refractivity contribution >= 4 is 32.7 Å². The first-order valence-corrected chi connectivity index (χ1v) is 12.6. The van der Waals surface area contributed by atoms with Crippen LogP contribution in [0.2, 0.25) is 0 Å². The first-order chi connectivity index (χ1) is 16.1. The summed E-state index contributed by atoms with van der Waals surface area (Å²) in [7, 11) is -3.81. The molecular formula is C24H30N4O5S. The lowest BCUT2D eigenvalue weighted by atomic mass is 10.0. The minimum Gasteiger partial charge on any atom is -0.422 e. The Morgan fingerprint density at radius 1 is 1.09 bits per heavy atom. The molecule has 0 atom stereocenters. The Hall–Kier alpha value is -3.37. The van der Waals surface area contributed by atoms with Crippen molar-refractivity contribution in [3.8, 4) is 0 Å². The number of rotatable bonds is 9. The Kier molecular flexibility index (Phi) is 7.95. The Bertz CT molecular complexity index is 1350. The van der Waals surface area contributed by atoms with E-state index in [2.05, 4.69) is 29.4 Å².